The standard InChI is InChI=1S/C25H32O2/c1-3-25(26)15-13-23-22-10-8-17-16-19(27-18-6-4-5-7-18)9-11-20(17)21(22)12-14-24(23,25)2/h1,9,11,16,18,21-23,26H,4-8,10,12-15H2,2H3/t21?,22?,23?,24-,25-/m0/s1. The van der Waals surface area contributed by atoms with E-state index in [0.717, 1.165) is 37.9 Å². The molecule has 0 aliphatic heterocycles. The minimum atomic E-state index is -0.901. The van der Waals surface area contributed by atoms with Crippen LogP contribution in [-0.4, -0.2) is 16.8 Å². The van der Waals surface area contributed by atoms with Crippen molar-refractivity contribution in [2.45, 2.75) is 88.8 Å². The van der Waals surface area contributed by atoms with Gasteiger partial charge in [-0.3, -0.25) is 0 Å². The number of aryl methyl sites for hydroxylation is 1. The van der Waals surface area contributed by atoms with Crippen LogP contribution in [0.25, 0.3) is 0 Å². The molecule has 0 heterocycles. The Kier molecular flexibility index (Phi) is 4.10. The summed E-state index contributed by atoms with van der Waals surface area (Å²) in [6, 6.07) is 6.88. The van der Waals surface area contributed by atoms with Crippen LogP contribution >= 0.6 is 0 Å². The van der Waals surface area contributed by atoms with Gasteiger partial charge < -0.3 is 9.84 Å². The fourth-order valence-electron chi connectivity index (χ4n) is 7.08. The molecule has 4 aliphatic rings. The summed E-state index contributed by atoms with van der Waals surface area (Å²) < 4.78 is 6.25. The van der Waals surface area contributed by atoms with E-state index in [1.165, 1.54) is 37.7 Å². The molecule has 0 amide bonds. The second kappa shape index (κ2) is 6.28. The molecule has 0 saturated heterocycles. The Morgan fingerprint density at radius 1 is 1.11 bits per heavy atom. The third-order valence-electron chi connectivity index (χ3n) is 8.69. The number of benzene rings is 1. The molecule has 3 unspecified atom stereocenters. The van der Waals surface area contributed by atoms with E-state index in [9.17, 15) is 5.11 Å². The quantitative estimate of drug-likeness (QED) is 0.728. The lowest BCUT2D eigenvalue weighted by Gasteiger charge is -2.52. The van der Waals surface area contributed by atoms with Crippen LogP contribution in [0.1, 0.15) is 81.8 Å². The smallest absolute Gasteiger partial charge is 0.130 e. The lowest BCUT2D eigenvalue weighted by Crippen LogP contribution is -2.50. The molecule has 5 atom stereocenters. The van der Waals surface area contributed by atoms with Crippen LogP contribution in [0, 0.1) is 29.6 Å². The predicted molar refractivity (Wildman–Crippen MR) is 108 cm³/mol. The Labute approximate surface area is 163 Å². The van der Waals surface area contributed by atoms with Crippen molar-refractivity contribution in [3.8, 4) is 18.1 Å². The lowest BCUT2D eigenvalue weighted by atomic mass is 9.53. The van der Waals surface area contributed by atoms with Crippen LogP contribution < -0.4 is 4.74 Å². The van der Waals surface area contributed by atoms with Gasteiger partial charge in [-0.25, -0.2) is 0 Å². The summed E-state index contributed by atoms with van der Waals surface area (Å²) in [5.74, 6) is 5.70. The van der Waals surface area contributed by atoms with E-state index in [2.05, 4.69) is 31.0 Å². The largest absolute Gasteiger partial charge is 0.490 e. The van der Waals surface area contributed by atoms with Gasteiger partial charge in [0.05, 0.1) is 6.10 Å². The minimum Gasteiger partial charge on any atom is -0.490 e. The Morgan fingerprint density at radius 3 is 2.70 bits per heavy atom. The zero-order valence-corrected chi connectivity index (χ0v) is 16.5. The SMILES string of the molecule is C#C[C@]1(O)CCC2C3CCc4cc(OC5CCCC5)ccc4C3CC[C@@]21C. The highest BCUT2D eigenvalue weighted by molar-refractivity contribution is 5.41. The maximum absolute atomic E-state index is 11.1. The van der Waals surface area contributed by atoms with E-state index < -0.39 is 5.60 Å². The first-order valence-corrected chi connectivity index (χ1v) is 11.0. The van der Waals surface area contributed by atoms with Crippen molar-refractivity contribution in [1.29, 1.82) is 0 Å². The highest BCUT2D eigenvalue weighted by Crippen LogP contribution is 2.64. The first-order valence-electron chi connectivity index (χ1n) is 11.0. The third kappa shape index (κ3) is 2.58. The van der Waals surface area contributed by atoms with Crippen LogP contribution in [0.2, 0.25) is 0 Å². The van der Waals surface area contributed by atoms with Crippen LogP contribution in [-0.2, 0) is 6.42 Å². The van der Waals surface area contributed by atoms with Crippen LogP contribution in [0.5, 0.6) is 5.75 Å². The molecular formula is C25H32O2. The third-order valence-corrected chi connectivity index (χ3v) is 8.69. The topological polar surface area (TPSA) is 29.5 Å². The van der Waals surface area contributed by atoms with Gasteiger partial charge in [0.1, 0.15) is 11.4 Å². The van der Waals surface area contributed by atoms with Crippen molar-refractivity contribution in [2.24, 2.45) is 17.3 Å². The molecule has 2 heteroatoms. The average molecular weight is 365 g/mol. The molecule has 1 N–H and O–H groups in total. The summed E-state index contributed by atoms with van der Waals surface area (Å²) in [6.07, 6.45) is 17.6. The second-order valence-corrected chi connectivity index (χ2v) is 9.80. The molecular weight excluding hydrogens is 332 g/mol. The van der Waals surface area contributed by atoms with Crippen LogP contribution in [0.3, 0.4) is 0 Å². The van der Waals surface area contributed by atoms with E-state index >= 15 is 0 Å². The van der Waals surface area contributed by atoms with Gasteiger partial charge >= 0.3 is 0 Å². The van der Waals surface area contributed by atoms with Gasteiger partial charge in [-0.2, -0.15) is 0 Å². The zero-order chi connectivity index (χ0) is 18.6. The Hall–Kier alpha value is -1.46. The number of fused-ring (bicyclic) bond motifs is 5. The number of terminal acetylenes is 1. The van der Waals surface area contributed by atoms with Crippen molar-refractivity contribution >= 4 is 0 Å². The van der Waals surface area contributed by atoms with Gasteiger partial charge in [0.25, 0.3) is 0 Å². The monoisotopic (exact) mass is 364 g/mol. The average Bonchev–Trinajstić information content (AvgIpc) is 3.28. The van der Waals surface area contributed by atoms with Gasteiger partial charge in [-0.15, -0.1) is 6.42 Å². The molecule has 5 rings (SSSR count). The Bertz CT molecular complexity index is 771. The molecule has 3 fully saturated rings. The Morgan fingerprint density at radius 2 is 1.93 bits per heavy atom. The van der Waals surface area contributed by atoms with E-state index in [1.807, 2.05) is 0 Å². The normalized spacial score (nSPS) is 40.7. The van der Waals surface area contributed by atoms with E-state index in [0.29, 0.717) is 23.9 Å². The second-order valence-electron chi connectivity index (χ2n) is 9.80. The molecule has 0 spiro atoms. The molecule has 0 aromatic heterocycles. The first kappa shape index (κ1) is 17.6. The maximum Gasteiger partial charge on any atom is 0.130 e. The van der Waals surface area contributed by atoms with Crippen molar-refractivity contribution in [3.63, 3.8) is 0 Å². The van der Waals surface area contributed by atoms with Crippen molar-refractivity contribution in [2.75, 3.05) is 0 Å². The highest BCUT2D eigenvalue weighted by Gasteiger charge is 2.61. The summed E-state index contributed by atoms with van der Waals surface area (Å²) in [4.78, 5) is 0. The van der Waals surface area contributed by atoms with Gasteiger partial charge in [-0.05, 0) is 105 Å². The molecule has 0 bridgehead atoms. The summed E-state index contributed by atoms with van der Waals surface area (Å²) in [5, 5.41) is 11.1. The molecule has 3 saturated carbocycles. The van der Waals surface area contributed by atoms with E-state index in [-0.39, 0.29) is 5.41 Å². The summed E-state index contributed by atoms with van der Waals surface area (Å²) in [6.45, 7) is 2.26. The molecule has 144 valence electrons. The van der Waals surface area contributed by atoms with E-state index in [1.54, 1.807) is 5.56 Å². The fraction of sp³-hybridized carbons (Fsp3) is 0.680. The lowest BCUT2D eigenvalue weighted by molar-refractivity contribution is -0.0647. The molecule has 1 aromatic carbocycles. The van der Waals surface area contributed by atoms with Crippen molar-refractivity contribution in [1.82, 2.24) is 0 Å². The molecule has 0 radical (unpaired) electrons. The van der Waals surface area contributed by atoms with Gasteiger partial charge in [0.2, 0.25) is 0 Å². The Balaban J connectivity index is 1.40. The van der Waals surface area contributed by atoms with Gasteiger partial charge in [-0.1, -0.05) is 18.9 Å². The molecule has 4 aliphatic carbocycles. The fourth-order valence-corrected chi connectivity index (χ4v) is 7.08. The number of ether oxygens (including phenoxy) is 1. The summed E-state index contributed by atoms with van der Waals surface area (Å²) in [7, 11) is 0. The maximum atomic E-state index is 11.1. The van der Waals surface area contributed by atoms with Crippen LogP contribution in [0.4, 0.5) is 0 Å². The number of aliphatic hydroxyl groups is 1. The predicted octanol–water partition coefficient (Wildman–Crippen LogP) is 5.23. The van der Waals surface area contributed by atoms with Crippen LogP contribution in [0.15, 0.2) is 18.2 Å². The van der Waals surface area contributed by atoms with Crippen molar-refractivity contribution in [3.05, 3.63) is 29.3 Å². The number of rotatable bonds is 2. The van der Waals surface area contributed by atoms with Gasteiger partial charge in [0, 0.05) is 5.41 Å². The minimum absolute atomic E-state index is 0.105. The summed E-state index contributed by atoms with van der Waals surface area (Å²) >= 11 is 0. The van der Waals surface area contributed by atoms with Crippen molar-refractivity contribution < 1.29 is 9.84 Å². The number of hydrogen-bond donors (Lipinski definition) is 1. The van der Waals surface area contributed by atoms with Gasteiger partial charge in [0.15, 0.2) is 0 Å². The molecule has 2 nitrogen and oxygen atoms in total. The van der Waals surface area contributed by atoms with E-state index in [4.69, 9.17) is 11.2 Å². The molecule has 1 aromatic rings. The summed E-state index contributed by atoms with van der Waals surface area (Å²) in [5.41, 5.74) is 2.04. The highest BCUT2D eigenvalue weighted by atomic mass is 16.5. The number of hydrogen-bond acceptors (Lipinski definition) is 2. The zero-order valence-electron chi connectivity index (χ0n) is 16.5. The first-order chi connectivity index (χ1) is 13.0. The molecule has 27 heavy (non-hydrogen) atoms.